The molecule has 1 aromatic rings. The van der Waals surface area contributed by atoms with Gasteiger partial charge in [0.2, 0.25) is 0 Å². The normalized spacial score (nSPS) is 23.6. The number of rotatable bonds is 4. The molecule has 0 saturated carbocycles. The molecular formula is C14H23N5O3S. The molecule has 9 heteroatoms. The lowest BCUT2D eigenvalue weighted by molar-refractivity contribution is 0.0268. The SMILES string of the molecule is CN(C)S(=O)(=O)N1CCOC[C@@H]1c1nccc(N2CCCC2)n1. The van der Waals surface area contributed by atoms with E-state index in [1.165, 1.54) is 22.7 Å². The smallest absolute Gasteiger partial charge is 0.282 e. The first-order chi connectivity index (χ1) is 11.0. The first-order valence-electron chi connectivity index (χ1n) is 7.85. The van der Waals surface area contributed by atoms with Crippen molar-refractivity contribution in [3.05, 3.63) is 18.1 Å². The van der Waals surface area contributed by atoms with Crippen LogP contribution in [-0.4, -0.2) is 73.9 Å². The molecule has 128 valence electrons. The highest BCUT2D eigenvalue weighted by atomic mass is 32.2. The highest BCUT2D eigenvalue weighted by molar-refractivity contribution is 7.86. The third-order valence-electron chi connectivity index (χ3n) is 4.22. The summed E-state index contributed by atoms with van der Waals surface area (Å²) in [7, 11) is -0.474. The lowest BCUT2D eigenvalue weighted by atomic mass is 10.2. The predicted molar refractivity (Wildman–Crippen MR) is 86.4 cm³/mol. The second kappa shape index (κ2) is 6.68. The summed E-state index contributed by atoms with van der Waals surface area (Å²) >= 11 is 0. The van der Waals surface area contributed by atoms with E-state index in [4.69, 9.17) is 4.74 Å². The minimum Gasteiger partial charge on any atom is -0.378 e. The summed E-state index contributed by atoms with van der Waals surface area (Å²) in [6.45, 7) is 2.93. The van der Waals surface area contributed by atoms with Crippen LogP contribution in [0.1, 0.15) is 24.7 Å². The van der Waals surface area contributed by atoms with Crippen molar-refractivity contribution >= 4 is 16.0 Å². The van der Waals surface area contributed by atoms with Gasteiger partial charge in [0.25, 0.3) is 10.2 Å². The Balaban J connectivity index is 1.90. The van der Waals surface area contributed by atoms with Gasteiger partial charge in [-0.25, -0.2) is 9.97 Å². The van der Waals surface area contributed by atoms with E-state index in [1.807, 2.05) is 6.07 Å². The van der Waals surface area contributed by atoms with Gasteiger partial charge in [-0.2, -0.15) is 17.0 Å². The van der Waals surface area contributed by atoms with Gasteiger partial charge in [0.05, 0.1) is 13.2 Å². The summed E-state index contributed by atoms with van der Waals surface area (Å²) in [5.41, 5.74) is 0. The van der Waals surface area contributed by atoms with Gasteiger partial charge in [-0.05, 0) is 18.9 Å². The molecule has 0 bridgehead atoms. The topological polar surface area (TPSA) is 78.9 Å². The van der Waals surface area contributed by atoms with Gasteiger partial charge in [0.1, 0.15) is 11.9 Å². The third kappa shape index (κ3) is 3.32. The van der Waals surface area contributed by atoms with Crippen LogP contribution in [0.15, 0.2) is 12.3 Å². The lowest BCUT2D eigenvalue weighted by Gasteiger charge is -2.35. The molecule has 3 rings (SSSR count). The van der Waals surface area contributed by atoms with E-state index in [9.17, 15) is 8.42 Å². The molecule has 8 nitrogen and oxygen atoms in total. The van der Waals surface area contributed by atoms with Crippen molar-refractivity contribution in [2.75, 3.05) is 51.8 Å². The molecule has 1 atom stereocenters. The van der Waals surface area contributed by atoms with Crippen LogP contribution in [0.3, 0.4) is 0 Å². The van der Waals surface area contributed by atoms with Crippen LogP contribution >= 0.6 is 0 Å². The fourth-order valence-corrected chi connectivity index (χ4v) is 4.13. The van der Waals surface area contributed by atoms with Crippen molar-refractivity contribution in [2.45, 2.75) is 18.9 Å². The fraction of sp³-hybridized carbons (Fsp3) is 0.714. The average molecular weight is 341 g/mol. The van der Waals surface area contributed by atoms with Crippen LogP contribution in [0.5, 0.6) is 0 Å². The quantitative estimate of drug-likeness (QED) is 0.781. The molecule has 0 radical (unpaired) electrons. The van der Waals surface area contributed by atoms with Gasteiger partial charge in [-0.3, -0.25) is 0 Å². The Bertz CT molecular complexity index is 646. The van der Waals surface area contributed by atoms with Gasteiger partial charge in [-0.15, -0.1) is 0 Å². The van der Waals surface area contributed by atoms with Gasteiger partial charge < -0.3 is 9.64 Å². The van der Waals surface area contributed by atoms with Crippen LogP contribution in [0, 0.1) is 0 Å². The zero-order valence-corrected chi connectivity index (χ0v) is 14.4. The van der Waals surface area contributed by atoms with E-state index in [0.717, 1.165) is 31.7 Å². The van der Waals surface area contributed by atoms with Crippen molar-refractivity contribution in [1.82, 2.24) is 18.6 Å². The zero-order chi connectivity index (χ0) is 16.4. The summed E-state index contributed by atoms with van der Waals surface area (Å²) in [6, 6.07) is 1.39. The maximum atomic E-state index is 12.5. The summed E-state index contributed by atoms with van der Waals surface area (Å²) in [5.74, 6) is 1.36. The van der Waals surface area contributed by atoms with Crippen molar-refractivity contribution in [2.24, 2.45) is 0 Å². The molecule has 0 aromatic carbocycles. The van der Waals surface area contributed by atoms with Gasteiger partial charge in [0, 0.05) is 39.9 Å². The number of anilines is 1. The first-order valence-corrected chi connectivity index (χ1v) is 9.25. The molecule has 1 aromatic heterocycles. The lowest BCUT2D eigenvalue weighted by Crippen LogP contribution is -2.48. The second-order valence-corrected chi connectivity index (χ2v) is 8.05. The monoisotopic (exact) mass is 341 g/mol. The van der Waals surface area contributed by atoms with Crippen LogP contribution in [-0.2, 0) is 14.9 Å². The van der Waals surface area contributed by atoms with E-state index in [0.29, 0.717) is 19.0 Å². The zero-order valence-electron chi connectivity index (χ0n) is 13.6. The Morgan fingerprint density at radius 3 is 2.70 bits per heavy atom. The summed E-state index contributed by atoms with van der Waals surface area (Å²) in [6.07, 6.45) is 4.02. The van der Waals surface area contributed by atoms with E-state index < -0.39 is 16.3 Å². The summed E-state index contributed by atoms with van der Waals surface area (Å²) in [5, 5.41) is 0. The molecule has 2 aliphatic rings. The van der Waals surface area contributed by atoms with Crippen LogP contribution in [0.4, 0.5) is 5.82 Å². The molecule has 0 N–H and O–H groups in total. The number of ether oxygens (including phenoxy) is 1. The standard InChI is InChI=1S/C14H23N5O3S/c1-17(2)23(20,21)19-9-10-22-11-12(19)14-15-6-5-13(16-14)18-7-3-4-8-18/h5-6,12H,3-4,7-11H2,1-2H3/t12-/m1/s1. The Morgan fingerprint density at radius 1 is 1.26 bits per heavy atom. The van der Waals surface area contributed by atoms with Crippen molar-refractivity contribution < 1.29 is 13.2 Å². The summed E-state index contributed by atoms with van der Waals surface area (Å²) in [4.78, 5) is 11.1. The first kappa shape index (κ1) is 16.6. The molecule has 0 amide bonds. The van der Waals surface area contributed by atoms with E-state index in [-0.39, 0.29) is 6.61 Å². The number of nitrogens with zero attached hydrogens (tertiary/aromatic N) is 5. The van der Waals surface area contributed by atoms with Crippen molar-refractivity contribution in [3.8, 4) is 0 Å². The summed E-state index contributed by atoms with van der Waals surface area (Å²) < 4.78 is 33.2. The van der Waals surface area contributed by atoms with E-state index in [2.05, 4.69) is 14.9 Å². The number of aromatic nitrogens is 2. The number of hydrogen-bond acceptors (Lipinski definition) is 6. The maximum Gasteiger partial charge on any atom is 0.282 e. The van der Waals surface area contributed by atoms with Crippen molar-refractivity contribution in [1.29, 1.82) is 0 Å². The minimum atomic E-state index is -3.54. The molecule has 0 aliphatic carbocycles. The third-order valence-corrected chi connectivity index (χ3v) is 6.18. The highest BCUT2D eigenvalue weighted by Gasteiger charge is 2.37. The largest absolute Gasteiger partial charge is 0.378 e. The Hall–Kier alpha value is -1.29. The molecule has 3 heterocycles. The van der Waals surface area contributed by atoms with Gasteiger partial charge in [-0.1, -0.05) is 0 Å². The molecule has 0 spiro atoms. The Morgan fingerprint density at radius 2 is 2.00 bits per heavy atom. The molecule has 0 unspecified atom stereocenters. The average Bonchev–Trinajstić information content (AvgIpc) is 3.09. The van der Waals surface area contributed by atoms with Gasteiger partial charge in [0.15, 0.2) is 5.82 Å². The van der Waals surface area contributed by atoms with E-state index >= 15 is 0 Å². The fourth-order valence-electron chi connectivity index (χ4n) is 2.92. The van der Waals surface area contributed by atoms with E-state index in [1.54, 1.807) is 6.20 Å². The maximum absolute atomic E-state index is 12.5. The molecule has 2 aliphatic heterocycles. The minimum absolute atomic E-state index is 0.274. The van der Waals surface area contributed by atoms with Gasteiger partial charge >= 0.3 is 0 Å². The highest BCUT2D eigenvalue weighted by Crippen LogP contribution is 2.27. The second-order valence-electron chi connectivity index (χ2n) is 5.96. The number of hydrogen-bond donors (Lipinski definition) is 0. The van der Waals surface area contributed by atoms with Crippen LogP contribution in [0.2, 0.25) is 0 Å². The predicted octanol–water partition coefficient (Wildman–Crippen LogP) is 0.257. The van der Waals surface area contributed by atoms with Crippen molar-refractivity contribution in [3.63, 3.8) is 0 Å². The Kier molecular flexibility index (Phi) is 4.81. The Labute approximate surface area is 137 Å². The van der Waals surface area contributed by atoms with Crippen LogP contribution in [0.25, 0.3) is 0 Å². The van der Waals surface area contributed by atoms with Crippen LogP contribution < -0.4 is 4.90 Å². The number of morpholine rings is 1. The molecular weight excluding hydrogens is 318 g/mol. The molecule has 23 heavy (non-hydrogen) atoms. The molecule has 2 fully saturated rings. The molecule has 2 saturated heterocycles.